The van der Waals surface area contributed by atoms with E-state index in [1.54, 1.807) is 0 Å². The fourth-order valence-corrected chi connectivity index (χ4v) is 5.82. The van der Waals surface area contributed by atoms with E-state index in [2.05, 4.69) is 81.8 Å². The van der Waals surface area contributed by atoms with Gasteiger partial charge >= 0.3 is 0 Å². The number of hydrogen-bond acceptors (Lipinski definition) is 1. The van der Waals surface area contributed by atoms with Crippen molar-refractivity contribution in [3.05, 3.63) is 93.3 Å². The maximum Gasteiger partial charge on any atom is 0.287 e. The van der Waals surface area contributed by atoms with E-state index in [-0.39, 0.29) is 0 Å². The van der Waals surface area contributed by atoms with Crippen molar-refractivity contribution in [1.82, 2.24) is 4.98 Å². The van der Waals surface area contributed by atoms with Crippen LogP contribution in [-0.4, -0.2) is 4.98 Å². The Morgan fingerprint density at radius 3 is 2.39 bits per heavy atom. The highest BCUT2D eigenvalue weighted by atomic mass is 15.0. The van der Waals surface area contributed by atoms with Crippen LogP contribution in [0.15, 0.2) is 48.8 Å². The summed E-state index contributed by atoms with van der Waals surface area (Å²) in [4.78, 5) is 4.92. The van der Waals surface area contributed by atoms with Crippen molar-refractivity contribution < 1.29 is 4.57 Å². The predicted molar refractivity (Wildman–Crippen MR) is 126 cm³/mol. The van der Waals surface area contributed by atoms with Gasteiger partial charge < -0.3 is 0 Å². The smallest absolute Gasteiger partial charge is 0.232 e. The minimum absolute atomic E-state index is 0.963. The van der Waals surface area contributed by atoms with Crippen molar-refractivity contribution in [3.63, 3.8) is 0 Å². The predicted octanol–water partition coefficient (Wildman–Crippen LogP) is 5.95. The van der Waals surface area contributed by atoms with E-state index in [1.165, 1.54) is 72.5 Å². The zero-order valence-electron chi connectivity index (χ0n) is 18.9. The molecule has 0 N–H and O–H groups in total. The minimum atomic E-state index is 0.963. The van der Waals surface area contributed by atoms with E-state index in [4.69, 9.17) is 4.98 Å². The first-order valence-corrected chi connectivity index (χ1v) is 11.1. The van der Waals surface area contributed by atoms with Crippen molar-refractivity contribution in [2.24, 2.45) is 7.05 Å². The number of benzene rings is 3. The average Bonchev–Trinajstić information content (AvgIpc) is 3.29. The van der Waals surface area contributed by atoms with Gasteiger partial charge in [0.2, 0.25) is 0 Å². The molecule has 0 fully saturated rings. The largest absolute Gasteiger partial charge is 0.287 e. The lowest BCUT2D eigenvalue weighted by Gasteiger charge is -2.13. The Kier molecular flexibility index (Phi) is 3.80. The highest BCUT2D eigenvalue weighted by Gasteiger charge is 2.35. The summed E-state index contributed by atoms with van der Waals surface area (Å²) in [6, 6.07) is 16.0. The number of aromatic nitrogens is 2. The topological polar surface area (TPSA) is 16.8 Å². The van der Waals surface area contributed by atoms with Crippen LogP contribution in [0.2, 0.25) is 0 Å². The lowest BCUT2D eigenvalue weighted by Crippen LogP contribution is -2.33. The Bertz CT molecular complexity index is 1430. The quantitative estimate of drug-likeness (QED) is 0.310. The monoisotopic (exact) mass is 403 g/mol. The molecule has 0 amide bonds. The standard InChI is InChI=1S/C29H27N2/c1-16-11-18(3)19(4)23(12-16)29-26-14-25-22(28(26)30-15-31(29)5)10-9-21-24(25)13-20-8-6-7-17(2)27(20)21/h6-12,15H,13-14H2,1-5H3/q+1. The van der Waals surface area contributed by atoms with E-state index in [0.717, 1.165) is 18.5 Å². The molecule has 2 heteroatoms. The summed E-state index contributed by atoms with van der Waals surface area (Å²) in [6.45, 7) is 8.89. The van der Waals surface area contributed by atoms with E-state index in [1.807, 2.05) is 6.33 Å². The van der Waals surface area contributed by atoms with Crippen molar-refractivity contribution >= 4 is 0 Å². The van der Waals surface area contributed by atoms with Crippen LogP contribution < -0.4 is 4.57 Å². The second-order valence-electron chi connectivity index (χ2n) is 9.37. The highest BCUT2D eigenvalue weighted by molar-refractivity contribution is 5.88. The molecule has 4 aromatic rings. The van der Waals surface area contributed by atoms with Crippen molar-refractivity contribution in [3.8, 4) is 33.6 Å². The molecule has 0 atom stereocenters. The van der Waals surface area contributed by atoms with Gasteiger partial charge in [-0.25, -0.2) is 4.57 Å². The van der Waals surface area contributed by atoms with Crippen molar-refractivity contribution in [2.45, 2.75) is 40.5 Å². The van der Waals surface area contributed by atoms with Crippen LogP contribution in [0.4, 0.5) is 0 Å². The molecular formula is C29H27N2+. The Hall–Kier alpha value is -3.26. The lowest BCUT2D eigenvalue weighted by atomic mass is 9.94. The van der Waals surface area contributed by atoms with Crippen LogP contribution in [0.3, 0.4) is 0 Å². The molecular weight excluding hydrogens is 376 g/mol. The summed E-state index contributed by atoms with van der Waals surface area (Å²) >= 11 is 0. The maximum absolute atomic E-state index is 4.92. The van der Waals surface area contributed by atoms with Gasteiger partial charge in [0.05, 0.1) is 12.6 Å². The summed E-state index contributed by atoms with van der Waals surface area (Å²) < 4.78 is 2.21. The Morgan fingerprint density at radius 1 is 0.774 bits per heavy atom. The first kappa shape index (κ1) is 18.5. The number of rotatable bonds is 1. The van der Waals surface area contributed by atoms with Crippen LogP contribution in [0.5, 0.6) is 0 Å². The fraction of sp³-hybridized carbons (Fsp3) is 0.241. The zero-order valence-corrected chi connectivity index (χ0v) is 18.9. The summed E-state index contributed by atoms with van der Waals surface area (Å²) in [5.41, 5.74) is 19.2. The molecule has 152 valence electrons. The maximum atomic E-state index is 4.92. The molecule has 1 heterocycles. The van der Waals surface area contributed by atoms with Gasteiger partial charge in [-0.15, -0.1) is 0 Å². The molecule has 0 saturated carbocycles. The van der Waals surface area contributed by atoms with E-state index >= 15 is 0 Å². The van der Waals surface area contributed by atoms with Gasteiger partial charge in [0, 0.05) is 17.5 Å². The van der Waals surface area contributed by atoms with Crippen LogP contribution in [0.1, 0.15) is 44.5 Å². The number of fused-ring (bicyclic) bond motifs is 7. The second-order valence-corrected chi connectivity index (χ2v) is 9.37. The number of hydrogen-bond donors (Lipinski definition) is 0. The molecule has 2 nitrogen and oxygen atoms in total. The Morgan fingerprint density at radius 2 is 1.55 bits per heavy atom. The van der Waals surface area contributed by atoms with Gasteiger partial charge in [-0.1, -0.05) is 35.9 Å². The molecule has 2 aliphatic carbocycles. The van der Waals surface area contributed by atoms with Crippen LogP contribution >= 0.6 is 0 Å². The molecule has 1 aromatic heterocycles. The van der Waals surface area contributed by atoms with Crippen molar-refractivity contribution in [1.29, 1.82) is 0 Å². The van der Waals surface area contributed by atoms with E-state index < -0.39 is 0 Å². The van der Waals surface area contributed by atoms with Crippen LogP contribution in [-0.2, 0) is 19.9 Å². The summed E-state index contributed by atoms with van der Waals surface area (Å²) in [7, 11) is 2.13. The van der Waals surface area contributed by atoms with Gasteiger partial charge in [0.15, 0.2) is 5.69 Å². The first-order valence-electron chi connectivity index (χ1n) is 11.1. The van der Waals surface area contributed by atoms with E-state index in [0.29, 0.717) is 0 Å². The van der Waals surface area contributed by atoms with Crippen molar-refractivity contribution in [2.75, 3.05) is 0 Å². The summed E-state index contributed by atoms with van der Waals surface area (Å²) in [5, 5.41) is 0. The van der Waals surface area contributed by atoms with Crippen LogP contribution in [0.25, 0.3) is 33.6 Å². The summed E-state index contributed by atoms with van der Waals surface area (Å²) in [5.74, 6) is 0. The molecule has 3 aromatic carbocycles. The zero-order chi connectivity index (χ0) is 21.4. The minimum Gasteiger partial charge on any atom is -0.232 e. The Labute approximate surface area is 184 Å². The van der Waals surface area contributed by atoms with Gasteiger partial charge in [-0.3, -0.25) is 0 Å². The van der Waals surface area contributed by atoms with Crippen LogP contribution in [0, 0.1) is 27.7 Å². The fourth-order valence-electron chi connectivity index (χ4n) is 5.82. The second kappa shape index (κ2) is 6.37. The molecule has 0 radical (unpaired) electrons. The Balaban J connectivity index is 1.58. The summed E-state index contributed by atoms with van der Waals surface area (Å²) in [6.07, 6.45) is 3.99. The molecule has 0 saturated heterocycles. The first-order chi connectivity index (χ1) is 14.9. The normalized spacial score (nSPS) is 13.1. The molecule has 2 aliphatic rings. The van der Waals surface area contributed by atoms with Gasteiger partial charge in [-0.05, 0) is 95.7 Å². The number of aryl methyl sites for hydroxylation is 4. The van der Waals surface area contributed by atoms with Gasteiger partial charge in [0.1, 0.15) is 5.69 Å². The number of nitrogens with zero attached hydrogens (tertiary/aromatic N) is 2. The SMILES string of the molecule is Cc1cc(C)c(C)c(-c2c3c(nc[n+]2C)-c2ccc4c(c2C3)Cc2cccc(C)c2-4)c1. The average molecular weight is 404 g/mol. The molecule has 31 heavy (non-hydrogen) atoms. The molecule has 0 aliphatic heterocycles. The van der Waals surface area contributed by atoms with E-state index in [9.17, 15) is 0 Å². The third-order valence-electron chi connectivity index (χ3n) is 7.39. The van der Waals surface area contributed by atoms with Gasteiger partial charge in [0.25, 0.3) is 6.33 Å². The third-order valence-corrected chi connectivity index (χ3v) is 7.39. The molecule has 0 unspecified atom stereocenters. The third kappa shape index (κ3) is 2.51. The lowest BCUT2D eigenvalue weighted by molar-refractivity contribution is -0.663. The molecule has 0 bridgehead atoms. The molecule has 0 spiro atoms. The molecule has 6 rings (SSSR count). The van der Waals surface area contributed by atoms with Gasteiger partial charge in [-0.2, -0.15) is 0 Å². The highest BCUT2D eigenvalue weighted by Crippen LogP contribution is 2.48.